The van der Waals surface area contributed by atoms with Gasteiger partial charge in [-0.15, -0.1) is 0 Å². The van der Waals surface area contributed by atoms with E-state index in [1.165, 1.54) is 16.7 Å². The molecule has 0 unspecified atom stereocenters. The Labute approximate surface area is 202 Å². The van der Waals surface area contributed by atoms with Crippen LogP contribution in [-0.2, 0) is 31.9 Å². The number of aromatic hydroxyl groups is 1. The summed E-state index contributed by atoms with van der Waals surface area (Å²) in [5.74, 6) is 2.31. The van der Waals surface area contributed by atoms with Gasteiger partial charge in [0.15, 0.2) is 0 Å². The van der Waals surface area contributed by atoms with Gasteiger partial charge in [-0.1, -0.05) is 37.3 Å². The van der Waals surface area contributed by atoms with Crippen LogP contribution >= 0.6 is 0 Å². The van der Waals surface area contributed by atoms with Crippen LogP contribution < -0.4 is 0 Å². The molecule has 5 rings (SSSR count). The maximum atomic E-state index is 13.1. The first kappa shape index (κ1) is 23.6. The Morgan fingerprint density at radius 1 is 1.09 bits per heavy atom. The van der Waals surface area contributed by atoms with Crippen LogP contribution in [0, 0.1) is 17.3 Å². The van der Waals surface area contributed by atoms with Crippen LogP contribution in [0.4, 0.5) is 0 Å². The van der Waals surface area contributed by atoms with E-state index < -0.39 is 10.1 Å². The predicted molar refractivity (Wildman–Crippen MR) is 131 cm³/mol. The lowest BCUT2D eigenvalue weighted by molar-refractivity contribution is -0.130. The van der Waals surface area contributed by atoms with Crippen LogP contribution in [0.3, 0.4) is 0 Å². The molecule has 182 valence electrons. The summed E-state index contributed by atoms with van der Waals surface area (Å²) in [6, 6.07) is 14.5. The molecule has 0 aliphatic heterocycles. The van der Waals surface area contributed by atoms with Crippen molar-refractivity contribution >= 4 is 15.9 Å². The minimum Gasteiger partial charge on any atom is -0.508 e. The summed E-state index contributed by atoms with van der Waals surface area (Å²) in [5, 5.41) is 10.1. The molecular formula is C28H34O5S. The second kappa shape index (κ2) is 8.80. The average molecular weight is 483 g/mol. The molecule has 2 aromatic carbocycles. The Hall–Kier alpha value is -2.18. The Balaban J connectivity index is 1.43. The Morgan fingerprint density at radius 2 is 1.85 bits per heavy atom. The Morgan fingerprint density at radius 3 is 2.59 bits per heavy atom. The zero-order chi connectivity index (χ0) is 24.1. The zero-order valence-corrected chi connectivity index (χ0v) is 20.8. The monoisotopic (exact) mass is 482 g/mol. The molecule has 2 saturated carbocycles. The third kappa shape index (κ3) is 4.31. The number of fused-ring (bicyclic) bond motifs is 5. The largest absolute Gasteiger partial charge is 0.508 e. The lowest BCUT2D eigenvalue weighted by atomic mass is 9.51. The topological polar surface area (TPSA) is 80.7 Å². The number of phenols is 1. The van der Waals surface area contributed by atoms with Gasteiger partial charge in [0.25, 0.3) is 10.1 Å². The van der Waals surface area contributed by atoms with Crippen LogP contribution in [0.1, 0.15) is 73.1 Å². The van der Waals surface area contributed by atoms with E-state index in [1.54, 1.807) is 0 Å². The first-order valence-corrected chi connectivity index (χ1v) is 14.3. The molecule has 5 atom stereocenters. The molecule has 0 amide bonds. The highest BCUT2D eigenvalue weighted by Crippen LogP contribution is 2.64. The number of carbonyl (C=O) groups excluding carboxylic acids is 1. The molecule has 3 aliphatic carbocycles. The van der Waals surface area contributed by atoms with Crippen molar-refractivity contribution in [1.29, 1.82) is 0 Å². The molecule has 6 heteroatoms. The molecule has 0 saturated heterocycles. The Bertz CT molecular complexity index is 1190. The van der Waals surface area contributed by atoms with Crippen LogP contribution in [0.15, 0.2) is 42.5 Å². The van der Waals surface area contributed by atoms with Crippen molar-refractivity contribution in [3.8, 4) is 5.75 Å². The van der Waals surface area contributed by atoms with Gasteiger partial charge in [-0.2, -0.15) is 8.42 Å². The third-order valence-electron chi connectivity index (χ3n) is 8.74. The number of Topliss-reactive ketones (excluding diaryl/α,β-unsaturated/α-hetero) is 1. The van der Waals surface area contributed by atoms with Gasteiger partial charge in [0.05, 0.1) is 12.9 Å². The Kier molecular flexibility index (Phi) is 6.09. The number of hydrogen-bond donors (Lipinski definition) is 1. The van der Waals surface area contributed by atoms with Crippen molar-refractivity contribution in [2.75, 3.05) is 12.9 Å². The molecule has 2 aromatic rings. The second-order valence-corrected chi connectivity index (χ2v) is 12.4. The number of carbonyl (C=O) groups is 1. The van der Waals surface area contributed by atoms with E-state index in [0.717, 1.165) is 43.9 Å². The second-order valence-electron chi connectivity index (χ2n) is 10.8. The minimum absolute atomic E-state index is 0.193. The first-order chi connectivity index (χ1) is 16.2. The smallest absolute Gasteiger partial charge is 0.264 e. The van der Waals surface area contributed by atoms with Crippen LogP contribution in [0.25, 0.3) is 0 Å². The SMILES string of the molecule is C[C@]12C[C@H](c3ccc(CCCOS(C)(=O)=O)cc3)[C@@H]3c4ccc(O)cc4CC[C@H]3[C@@H]1CCC2=O. The molecular weight excluding hydrogens is 448 g/mol. The van der Waals surface area contributed by atoms with Gasteiger partial charge in [0.1, 0.15) is 11.5 Å². The van der Waals surface area contributed by atoms with E-state index in [4.69, 9.17) is 4.18 Å². The molecule has 3 aliphatic rings. The van der Waals surface area contributed by atoms with Crippen LogP contribution in [-0.4, -0.2) is 32.2 Å². The fourth-order valence-corrected chi connectivity index (χ4v) is 7.63. The highest BCUT2D eigenvalue weighted by atomic mass is 32.2. The van der Waals surface area contributed by atoms with Gasteiger partial charge in [-0.25, -0.2) is 0 Å². The summed E-state index contributed by atoms with van der Waals surface area (Å²) >= 11 is 0. The molecule has 34 heavy (non-hydrogen) atoms. The van der Waals surface area contributed by atoms with Gasteiger partial charge < -0.3 is 5.11 Å². The van der Waals surface area contributed by atoms with E-state index in [1.807, 2.05) is 12.1 Å². The number of hydrogen-bond acceptors (Lipinski definition) is 5. The van der Waals surface area contributed by atoms with E-state index in [9.17, 15) is 18.3 Å². The van der Waals surface area contributed by atoms with Gasteiger partial charge in [0, 0.05) is 11.8 Å². The molecule has 0 heterocycles. The zero-order valence-electron chi connectivity index (χ0n) is 20.0. The van der Waals surface area contributed by atoms with Crippen molar-refractivity contribution in [2.24, 2.45) is 17.3 Å². The van der Waals surface area contributed by atoms with Gasteiger partial charge in [-0.3, -0.25) is 8.98 Å². The molecule has 0 radical (unpaired) electrons. The van der Waals surface area contributed by atoms with Crippen molar-refractivity contribution in [1.82, 2.24) is 0 Å². The maximum absolute atomic E-state index is 13.1. The maximum Gasteiger partial charge on any atom is 0.264 e. The van der Waals surface area contributed by atoms with Crippen LogP contribution in [0.5, 0.6) is 5.75 Å². The van der Waals surface area contributed by atoms with Crippen molar-refractivity contribution in [3.05, 3.63) is 64.7 Å². The van der Waals surface area contributed by atoms with Gasteiger partial charge >= 0.3 is 0 Å². The fourth-order valence-electron chi connectivity index (χ4n) is 7.21. The summed E-state index contributed by atoms with van der Waals surface area (Å²) in [4.78, 5) is 13.1. The van der Waals surface area contributed by atoms with Crippen molar-refractivity contribution in [3.63, 3.8) is 0 Å². The van der Waals surface area contributed by atoms with E-state index in [2.05, 4.69) is 37.3 Å². The fraction of sp³-hybridized carbons (Fsp3) is 0.536. The predicted octanol–water partition coefficient (Wildman–Crippen LogP) is 5.12. The number of phenolic OH excluding ortho intramolecular Hbond substituents is 1. The highest BCUT2D eigenvalue weighted by molar-refractivity contribution is 7.85. The average Bonchev–Trinajstić information content (AvgIpc) is 3.10. The van der Waals surface area contributed by atoms with Gasteiger partial charge in [-0.05, 0) is 96.6 Å². The molecule has 0 spiro atoms. The third-order valence-corrected chi connectivity index (χ3v) is 9.34. The first-order valence-electron chi connectivity index (χ1n) is 12.4. The van der Waals surface area contributed by atoms with Crippen LogP contribution in [0.2, 0.25) is 0 Å². The number of ketones is 1. The number of benzene rings is 2. The summed E-state index contributed by atoms with van der Waals surface area (Å²) in [6.07, 6.45) is 7.10. The standard InChI is InChI=1S/C28H34O5S/c1-28-17-24(19-7-5-18(6-8-19)4-3-15-33-34(2,31)32)27-22-12-10-21(29)16-20(22)9-11-23(27)25(28)13-14-26(28)30/h5-8,10,12,16,23-25,27,29H,3-4,9,11,13-15,17H2,1-2H3/t23-,24+,25-,27+,28-/m0/s1. The summed E-state index contributed by atoms with van der Waals surface area (Å²) < 4.78 is 27.2. The van der Waals surface area contributed by atoms with Crippen molar-refractivity contribution in [2.45, 2.75) is 63.7 Å². The lowest BCUT2D eigenvalue weighted by Gasteiger charge is -2.52. The van der Waals surface area contributed by atoms with Gasteiger partial charge in [0.2, 0.25) is 0 Å². The summed E-state index contributed by atoms with van der Waals surface area (Å²) in [5.41, 5.74) is 4.78. The molecule has 0 bridgehead atoms. The van der Waals surface area contributed by atoms with E-state index >= 15 is 0 Å². The minimum atomic E-state index is -3.40. The summed E-state index contributed by atoms with van der Waals surface area (Å²) in [7, 11) is -3.40. The van der Waals surface area contributed by atoms with Crippen molar-refractivity contribution < 1.29 is 22.5 Å². The highest BCUT2D eigenvalue weighted by Gasteiger charge is 2.57. The lowest BCUT2D eigenvalue weighted by Crippen LogP contribution is -2.46. The molecule has 1 N–H and O–H groups in total. The normalized spacial score (nSPS) is 30.5. The van der Waals surface area contributed by atoms with E-state index in [0.29, 0.717) is 42.1 Å². The number of aryl methyl sites for hydroxylation is 2. The molecule has 0 aromatic heterocycles. The molecule has 2 fully saturated rings. The summed E-state index contributed by atoms with van der Waals surface area (Å²) in [6.45, 7) is 2.40. The number of rotatable bonds is 6. The van der Waals surface area contributed by atoms with E-state index in [-0.39, 0.29) is 17.9 Å². The quantitative estimate of drug-likeness (QED) is 0.457. The molecule has 5 nitrogen and oxygen atoms in total.